The van der Waals surface area contributed by atoms with E-state index in [0.717, 1.165) is 25.1 Å². The number of nitrogens with one attached hydrogen (secondary N) is 1. The fourth-order valence-corrected chi connectivity index (χ4v) is 3.03. The molecule has 19 heavy (non-hydrogen) atoms. The molecule has 2 aliphatic rings. The lowest BCUT2D eigenvalue weighted by Crippen LogP contribution is -2.36. The van der Waals surface area contributed by atoms with Gasteiger partial charge in [-0.1, -0.05) is 38.1 Å². The van der Waals surface area contributed by atoms with E-state index in [-0.39, 0.29) is 17.9 Å². The van der Waals surface area contributed by atoms with E-state index in [1.807, 2.05) is 13.8 Å². The van der Waals surface area contributed by atoms with Gasteiger partial charge in [-0.3, -0.25) is 9.79 Å². The standard InChI is InChI=1S/C16H20N2O/c1-10(2)14-16(19)18-15(17-14)13-8-7-11-5-3-4-6-12(11)9-13/h3-6,10,13-14H,7-9H2,1-2H3,(H,17,18,19). The van der Waals surface area contributed by atoms with E-state index in [9.17, 15) is 4.79 Å². The molecule has 0 fully saturated rings. The SMILES string of the molecule is CC(C)C1N=C(C2CCc3ccccc3C2)NC1=O. The zero-order valence-corrected chi connectivity index (χ0v) is 11.5. The van der Waals surface area contributed by atoms with E-state index >= 15 is 0 Å². The van der Waals surface area contributed by atoms with Crippen LogP contribution in [0, 0.1) is 11.8 Å². The normalized spacial score (nSPS) is 26.1. The first-order valence-corrected chi connectivity index (χ1v) is 7.10. The molecule has 3 heteroatoms. The number of hydrogen-bond donors (Lipinski definition) is 1. The van der Waals surface area contributed by atoms with E-state index in [2.05, 4.69) is 34.6 Å². The van der Waals surface area contributed by atoms with Crippen molar-refractivity contribution in [2.75, 3.05) is 0 Å². The van der Waals surface area contributed by atoms with Gasteiger partial charge in [0.15, 0.2) is 0 Å². The molecular weight excluding hydrogens is 236 g/mol. The monoisotopic (exact) mass is 256 g/mol. The zero-order chi connectivity index (χ0) is 13.4. The third-order valence-corrected chi connectivity index (χ3v) is 4.16. The number of amidine groups is 1. The Balaban J connectivity index is 1.79. The van der Waals surface area contributed by atoms with Gasteiger partial charge < -0.3 is 5.32 Å². The van der Waals surface area contributed by atoms with E-state index in [4.69, 9.17) is 0 Å². The first kappa shape index (κ1) is 12.4. The van der Waals surface area contributed by atoms with Crippen LogP contribution in [0.25, 0.3) is 0 Å². The second-order valence-electron chi connectivity index (χ2n) is 5.90. The fraction of sp³-hybridized carbons (Fsp3) is 0.500. The summed E-state index contributed by atoms with van der Waals surface area (Å²) in [5.41, 5.74) is 2.85. The van der Waals surface area contributed by atoms with Crippen molar-refractivity contribution >= 4 is 11.7 Å². The molecule has 1 aliphatic carbocycles. The Hall–Kier alpha value is -1.64. The minimum absolute atomic E-state index is 0.0730. The van der Waals surface area contributed by atoms with Crippen LogP contribution in [-0.2, 0) is 17.6 Å². The number of nitrogens with zero attached hydrogens (tertiary/aromatic N) is 1. The third kappa shape index (κ3) is 2.29. The summed E-state index contributed by atoms with van der Waals surface area (Å²) < 4.78 is 0. The van der Waals surface area contributed by atoms with Gasteiger partial charge in [0.05, 0.1) is 0 Å². The van der Waals surface area contributed by atoms with Crippen molar-refractivity contribution in [1.29, 1.82) is 0 Å². The average molecular weight is 256 g/mol. The number of carbonyl (C=O) groups excluding carboxylic acids is 1. The Kier molecular flexibility index (Phi) is 3.13. The average Bonchev–Trinajstić information content (AvgIpc) is 2.80. The number of fused-ring (bicyclic) bond motifs is 1. The predicted octanol–water partition coefficient (Wildman–Crippen LogP) is 2.34. The fourth-order valence-electron chi connectivity index (χ4n) is 3.03. The molecule has 0 bridgehead atoms. The van der Waals surface area contributed by atoms with Crippen LogP contribution in [0.2, 0.25) is 0 Å². The van der Waals surface area contributed by atoms with Crippen molar-refractivity contribution in [2.45, 2.75) is 39.2 Å². The molecule has 0 spiro atoms. The van der Waals surface area contributed by atoms with E-state index < -0.39 is 0 Å². The molecule has 1 N–H and O–H groups in total. The molecule has 1 amide bonds. The second kappa shape index (κ2) is 4.80. The Bertz CT molecular complexity index is 533. The number of benzene rings is 1. The lowest BCUT2D eigenvalue weighted by atomic mass is 9.83. The molecule has 1 aromatic rings. The largest absolute Gasteiger partial charge is 0.312 e. The van der Waals surface area contributed by atoms with Crippen molar-refractivity contribution in [3.05, 3.63) is 35.4 Å². The highest BCUT2D eigenvalue weighted by atomic mass is 16.2. The smallest absolute Gasteiger partial charge is 0.250 e. The van der Waals surface area contributed by atoms with Gasteiger partial charge in [-0.05, 0) is 36.3 Å². The van der Waals surface area contributed by atoms with Crippen LogP contribution in [0.1, 0.15) is 31.4 Å². The Morgan fingerprint density at radius 3 is 2.68 bits per heavy atom. The minimum atomic E-state index is -0.188. The minimum Gasteiger partial charge on any atom is -0.312 e. The molecule has 1 aliphatic heterocycles. The van der Waals surface area contributed by atoms with Gasteiger partial charge >= 0.3 is 0 Å². The zero-order valence-electron chi connectivity index (χ0n) is 11.5. The third-order valence-electron chi connectivity index (χ3n) is 4.16. The highest BCUT2D eigenvalue weighted by Crippen LogP contribution is 2.27. The van der Waals surface area contributed by atoms with Crippen LogP contribution in [0.4, 0.5) is 0 Å². The van der Waals surface area contributed by atoms with Crippen molar-refractivity contribution in [3.8, 4) is 0 Å². The van der Waals surface area contributed by atoms with Gasteiger partial charge in [0.25, 0.3) is 0 Å². The van der Waals surface area contributed by atoms with Crippen molar-refractivity contribution in [3.63, 3.8) is 0 Å². The number of aliphatic imine (C=N–C) groups is 1. The summed E-state index contributed by atoms with van der Waals surface area (Å²) >= 11 is 0. The van der Waals surface area contributed by atoms with Crippen LogP contribution < -0.4 is 5.32 Å². The highest BCUT2D eigenvalue weighted by molar-refractivity contribution is 6.07. The Morgan fingerprint density at radius 2 is 2.00 bits per heavy atom. The number of rotatable bonds is 2. The van der Waals surface area contributed by atoms with Gasteiger partial charge in [0.2, 0.25) is 5.91 Å². The number of amides is 1. The van der Waals surface area contributed by atoms with Gasteiger partial charge in [0, 0.05) is 5.92 Å². The molecule has 2 atom stereocenters. The number of hydrogen-bond acceptors (Lipinski definition) is 2. The first-order chi connectivity index (χ1) is 9.15. The molecule has 1 heterocycles. The molecule has 0 aromatic heterocycles. The molecule has 0 saturated carbocycles. The van der Waals surface area contributed by atoms with Crippen LogP contribution >= 0.6 is 0 Å². The maximum absolute atomic E-state index is 11.9. The summed E-state index contributed by atoms with van der Waals surface area (Å²) in [6.45, 7) is 4.10. The molecular formula is C16H20N2O. The highest BCUT2D eigenvalue weighted by Gasteiger charge is 2.33. The lowest BCUT2D eigenvalue weighted by molar-refractivity contribution is -0.120. The van der Waals surface area contributed by atoms with Crippen LogP contribution in [-0.4, -0.2) is 17.8 Å². The molecule has 100 valence electrons. The molecule has 0 radical (unpaired) electrons. The van der Waals surface area contributed by atoms with Gasteiger partial charge in [0.1, 0.15) is 11.9 Å². The van der Waals surface area contributed by atoms with Gasteiger partial charge in [-0.25, -0.2) is 0 Å². The summed E-state index contributed by atoms with van der Waals surface area (Å²) in [6.07, 6.45) is 3.17. The van der Waals surface area contributed by atoms with E-state index in [1.54, 1.807) is 0 Å². The topological polar surface area (TPSA) is 41.5 Å². The Labute approximate surface area is 114 Å². The summed E-state index contributed by atoms with van der Waals surface area (Å²) in [6, 6.07) is 8.40. The molecule has 2 unspecified atom stereocenters. The summed E-state index contributed by atoms with van der Waals surface area (Å²) in [7, 11) is 0. The molecule has 1 aromatic carbocycles. The quantitative estimate of drug-likeness (QED) is 0.867. The van der Waals surface area contributed by atoms with Crippen molar-refractivity contribution in [2.24, 2.45) is 16.8 Å². The predicted molar refractivity (Wildman–Crippen MR) is 76.2 cm³/mol. The van der Waals surface area contributed by atoms with Crippen LogP contribution in [0.3, 0.4) is 0 Å². The van der Waals surface area contributed by atoms with Crippen molar-refractivity contribution in [1.82, 2.24) is 5.32 Å². The molecule has 3 rings (SSSR count). The number of carbonyl (C=O) groups is 1. The van der Waals surface area contributed by atoms with Gasteiger partial charge in [-0.2, -0.15) is 0 Å². The van der Waals surface area contributed by atoms with E-state index in [0.29, 0.717) is 5.92 Å². The van der Waals surface area contributed by atoms with Crippen molar-refractivity contribution < 1.29 is 4.79 Å². The lowest BCUT2D eigenvalue weighted by Gasteiger charge is -2.24. The maximum Gasteiger partial charge on any atom is 0.250 e. The van der Waals surface area contributed by atoms with Crippen LogP contribution in [0.5, 0.6) is 0 Å². The molecule has 3 nitrogen and oxygen atoms in total. The molecule has 0 saturated heterocycles. The summed E-state index contributed by atoms with van der Waals surface area (Å²) in [5.74, 6) is 1.64. The van der Waals surface area contributed by atoms with E-state index in [1.165, 1.54) is 11.1 Å². The number of aryl methyl sites for hydroxylation is 1. The summed E-state index contributed by atoms with van der Waals surface area (Å²) in [4.78, 5) is 16.5. The Morgan fingerprint density at radius 1 is 1.26 bits per heavy atom. The van der Waals surface area contributed by atoms with Crippen LogP contribution in [0.15, 0.2) is 29.3 Å². The first-order valence-electron chi connectivity index (χ1n) is 7.10. The second-order valence-corrected chi connectivity index (χ2v) is 5.90. The summed E-state index contributed by atoms with van der Waals surface area (Å²) in [5, 5.41) is 3.00. The van der Waals surface area contributed by atoms with Gasteiger partial charge in [-0.15, -0.1) is 0 Å². The maximum atomic E-state index is 11.9.